The van der Waals surface area contributed by atoms with Crippen molar-refractivity contribution in [2.75, 3.05) is 13.2 Å². The highest BCUT2D eigenvalue weighted by Gasteiger charge is 2.09. The molecule has 0 unspecified atom stereocenters. The summed E-state index contributed by atoms with van der Waals surface area (Å²) in [6.45, 7) is 1.40. The molecule has 0 bridgehead atoms. The molecule has 1 aliphatic heterocycles. The van der Waals surface area contributed by atoms with Gasteiger partial charge >= 0.3 is 0 Å². The van der Waals surface area contributed by atoms with Crippen LogP contribution in [0, 0.1) is 6.10 Å². The number of hydrogen-bond donors (Lipinski definition) is 1. The predicted molar refractivity (Wildman–Crippen MR) is 25.2 cm³/mol. The van der Waals surface area contributed by atoms with Gasteiger partial charge in [-0.2, -0.15) is 0 Å². The van der Waals surface area contributed by atoms with E-state index in [1.54, 1.807) is 0 Å². The third-order valence-electron chi connectivity index (χ3n) is 1.07. The van der Waals surface area contributed by atoms with Gasteiger partial charge in [0.05, 0.1) is 6.10 Å². The van der Waals surface area contributed by atoms with Crippen LogP contribution in [0.25, 0.3) is 0 Å². The van der Waals surface area contributed by atoms with E-state index >= 15 is 0 Å². The first kappa shape index (κ1) is 5.06. The molecule has 7 heavy (non-hydrogen) atoms. The molecule has 1 rings (SSSR count). The average Bonchev–Trinajstić information content (AvgIpc) is 1.69. The van der Waals surface area contributed by atoms with Gasteiger partial charge < -0.3 is 9.84 Å². The minimum atomic E-state index is 0.589. The summed E-state index contributed by atoms with van der Waals surface area (Å²) < 4.78 is 4.96. The summed E-state index contributed by atoms with van der Waals surface area (Å²) in [4.78, 5) is 0. The van der Waals surface area contributed by atoms with E-state index < -0.39 is 0 Å². The van der Waals surface area contributed by atoms with E-state index in [0.29, 0.717) is 19.3 Å². The lowest BCUT2D eigenvalue weighted by atomic mass is 10.2. The van der Waals surface area contributed by atoms with Gasteiger partial charge in [0.15, 0.2) is 0 Å². The third kappa shape index (κ3) is 1.45. The highest BCUT2D eigenvalue weighted by molar-refractivity contribution is 4.77. The van der Waals surface area contributed by atoms with Crippen molar-refractivity contribution in [3.05, 3.63) is 6.10 Å². The van der Waals surface area contributed by atoms with Crippen molar-refractivity contribution in [2.45, 2.75) is 12.8 Å². The minimum absolute atomic E-state index is 0.589. The summed E-state index contributed by atoms with van der Waals surface area (Å²) in [5.41, 5.74) is 0. The first-order valence-corrected chi connectivity index (χ1v) is 2.51. The maximum absolute atomic E-state index is 8.75. The minimum Gasteiger partial charge on any atom is -0.387 e. The Balaban J connectivity index is 2.12. The van der Waals surface area contributed by atoms with Crippen molar-refractivity contribution in [1.82, 2.24) is 0 Å². The van der Waals surface area contributed by atoms with E-state index in [2.05, 4.69) is 0 Å². The lowest BCUT2D eigenvalue weighted by Gasteiger charge is -2.14. The van der Waals surface area contributed by atoms with Crippen LogP contribution in [0.1, 0.15) is 12.8 Å². The second-order valence-corrected chi connectivity index (χ2v) is 1.68. The molecule has 1 radical (unpaired) electrons. The number of ether oxygens (including phenoxy) is 1. The quantitative estimate of drug-likeness (QED) is 0.486. The first-order valence-electron chi connectivity index (χ1n) is 2.51. The van der Waals surface area contributed by atoms with Crippen LogP contribution in [0.3, 0.4) is 0 Å². The van der Waals surface area contributed by atoms with Crippen LogP contribution in [-0.4, -0.2) is 18.3 Å². The van der Waals surface area contributed by atoms with Crippen LogP contribution in [0.2, 0.25) is 0 Å². The number of rotatable bonds is 0. The van der Waals surface area contributed by atoms with E-state index in [9.17, 15) is 0 Å². The maximum Gasteiger partial charge on any atom is 0.0978 e. The van der Waals surface area contributed by atoms with Crippen LogP contribution in [0.4, 0.5) is 0 Å². The van der Waals surface area contributed by atoms with Gasteiger partial charge in [-0.15, -0.1) is 0 Å². The summed E-state index contributed by atoms with van der Waals surface area (Å²) in [6.07, 6.45) is 2.06. The molecule has 0 aliphatic carbocycles. The van der Waals surface area contributed by atoms with Crippen molar-refractivity contribution in [1.29, 1.82) is 0 Å². The molecule has 0 aromatic rings. The Hall–Kier alpha value is -0.0800. The Morgan fingerprint density at radius 3 is 2.14 bits per heavy atom. The fourth-order valence-electron chi connectivity index (χ4n) is 0.607. The van der Waals surface area contributed by atoms with Gasteiger partial charge in [-0.3, -0.25) is 0 Å². The normalized spacial score (nSPS) is 25.3. The molecule has 1 saturated heterocycles. The van der Waals surface area contributed by atoms with Crippen molar-refractivity contribution in [3.8, 4) is 0 Å². The van der Waals surface area contributed by atoms with E-state index in [1.807, 2.05) is 0 Å². The predicted octanol–water partition coefficient (Wildman–Crippen LogP) is 0.701. The summed E-state index contributed by atoms with van der Waals surface area (Å²) >= 11 is 0. The Bertz CT molecular complexity index is 48.0. The smallest absolute Gasteiger partial charge is 0.0978 e. The summed E-state index contributed by atoms with van der Waals surface area (Å²) in [7, 11) is 0. The molecule has 1 aliphatic rings. The molecule has 0 spiro atoms. The molecule has 2 nitrogen and oxygen atoms in total. The van der Waals surface area contributed by atoms with E-state index in [-0.39, 0.29) is 0 Å². The molecule has 1 N–H and O–H groups in total. The van der Waals surface area contributed by atoms with Crippen LogP contribution < -0.4 is 0 Å². The largest absolute Gasteiger partial charge is 0.387 e. The average molecular weight is 101 g/mol. The van der Waals surface area contributed by atoms with Crippen LogP contribution >= 0.6 is 0 Å². The Morgan fingerprint density at radius 1 is 1.29 bits per heavy atom. The van der Waals surface area contributed by atoms with Crippen molar-refractivity contribution in [2.24, 2.45) is 0 Å². The van der Waals surface area contributed by atoms with Crippen molar-refractivity contribution >= 4 is 0 Å². The number of aliphatic hydroxyl groups excluding tert-OH is 1. The molecule has 2 heteroatoms. The van der Waals surface area contributed by atoms with Gasteiger partial charge in [0.25, 0.3) is 0 Å². The maximum atomic E-state index is 8.75. The summed E-state index contributed by atoms with van der Waals surface area (Å²) in [6, 6.07) is 0. The molecular formula is C5H9O2. The van der Waals surface area contributed by atoms with Gasteiger partial charge in [0.1, 0.15) is 0 Å². The highest BCUT2D eigenvalue weighted by atomic mass is 16.5. The molecule has 0 aromatic heterocycles. The zero-order valence-electron chi connectivity index (χ0n) is 4.18. The van der Waals surface area contributed by atoms with E-state index in [1.165, 1.54) is 0 Å². The van der Waals surface area contributed by atoms with Gasteiger partial charge in [0, 0.05) is 26.1 Å². The lowest BCUT2D eigenvalue weighted by molar-refractivity contribution is 0.0645. The first-order chi connectivity index (χ1) is 3.39. The van der Waals surface area contributed by atoms with Gasteiger partial charge in [-0.05, 0) is 0 Å². The molecule has 0 amide bonds. The van der Waals surface area contributed by atoms with Crippen LogP contribution in [0.15, 0.2) is 0 Å². The fraction of sp³-hybridized carbons (Fsp3) is 0.800. The molecule has 1 fully saturated rings. The SMILES string of the molecule is O[C]1CCOCC1. The number of hydrogen-bond acceptors (Lipinski definition) is 2. The fourth-order valence-corrected chi connectivity index (χ4v) is 0.607. The Morgan fingerprint density at radius 2 is 1.86 bits per heavy atom. The monoisotopic (exact) mass is 101 g/mol. The molecule has 0 saturated carbocycles. The molecule has 1 heterocycles. The second-order valence-electron chi connectivity index (χ2n) is 1.68. The molecule has 41 valence electrons. The summed E-state index contributed by atoms with van der Waals surface area (Å²) in [5.74, 6) is 0. The standard InChI is InChI=1S/C5H9O2/c6-5-1-3-7-4-2-5/h6H,1-4H2. The van der Waals surface area contributed by atoms with Gasteiger partial charge in [-0.1, -0.05) is 0 Å². The van der Waals surface area contributed by atoms with E-state index in [0.717, 1.165) is 12.8 Å². The van der Waals surface area contributed by atoms with Crippen molar-refractivity contribution < 1.29 is 9.84 Å². The Kier molecular flexibility index (Phi) is 1.65. The van der Waals surface area contributed by atoms with Gasteiger partial charge in [-0.25, -0.2) is 0 Å². The highest BCUT2D eigenvalue weighted by Crippen LogP contribution is 2.11. The third-order valence-corrected chi connectivity index (χ3v) is 1.07. The number of aliphatic hydroxyl groups is 1. The van der Waals surface area contributed by atoms with E-state index in [4.69, 9.17) is 9.84 Å². The zero-order chi connectivity index (χ0) is 5.11. The lowest BCUT2D eigenvalue weighted by Crippen LogP contribution is -2.12. The van der Waals surface area contributed by atoms with Gasteiger partial charge in [0.2, 0.25) is 0 Å². The molecule has 0 aromatic carbocycles. The van der Waals surface area contributed by atoms with Crippen LogP contribution in [-0.2, 0) is 4.74 Å². The summed E-state index contributed by atoms with van der Waals surface area (Å²) in [5, 5.41) is 8.75. The van der Waals surface area contributed by atoms with Crippen LogP contribution in [0.5, 0.6) is 0 Å². The molecule has 0 atom stereocenters. The topological polar surface area (TPSA) is 29.5 Å². The van der Waals surface area contributed by atoms with Crippen molar-refractivity contribution in [3.63, 3.8) is 0 Å². The zero-order valence-corrected chi connectivity index (χ0v) is 4.18. The second kappa shape index (κ2) is 2.28. The molecular weight excluding hydrogens is 92.1 g/mol. The Labute approximate surface area is 43.1 Å².